The van der Waals surface area contributed by atoms with Gasteiger partial charge in [-0.25, -0.2) is 9.18 Å². The van der Waals surface area contributed by atoms with Crippen molar-refractivity contribution >= 4 is 6.03 Å². The highest BCUT2D eigenvalue weighted by Gasteiger charge is 2.21. The molecule has 1 aliphatic rings. The molecule has 0 saturated carbocycles. The molecule has 0 unspecified atom stereocenters. The molecule has 0 spiro atoms. The maximum atomic E-state index is 13.7. The number of methoxy groups -OCH3 is 1. The van der Waals surface area contributed by atoms with Crippen LogP contribution in [-0.4, -0.2) is 55.7 Å². The van der Waals surface area contributed by atoms with Crippen molar-refractivity contribution in [2.24, 2.45) is 0 Å². The Morgan fingerprint density at radius 3 is 2.79 bits per heavy atom. The highest BCUT2D eigenvalue weighted by Crippen LogP contribution is 2.18. The number of piperidine rings is 1. The van der Waals surface area contributed by atoms with Crippen LogP contribution in [0.25, 0.3) is 0 Å². The van der Waals surface area contributed by atoms with Crippen LogP contribution in [-0.2, 0) is 6.54 Å². The van der Waals surface area contributed by atoms with Crippen LogP contribution < -0.4 is 10.1 Å². The van der Waals surface area contributed by atoms with Crippen LogP contribution in [0.2, 0.25) is 0 Å². The number of rotatable bonds is 6. The monoisotopic (exact) mass is 335 g/mol. The number of halogens is 1. The zero-order valence-corrected chi connectivity index (χ0v) is 14.4. The second-order valence-electron chi connectivity index (χ2n) is 6.14. The molecule has 1 aliphatic heterocycles. The molecule has 1 fully saturated rings. The number of amides is 2. The highest BCUT2D eigenvalue weighted by atomic mass is 19.1. The molecule has 0 atom stereocenters. The third-order valence-electron chi connectivity index (χ3n) is 4.29. The summed E-state index contributed by atoms with van der Waals surface area (Å²) in [5.41, 5.74) is 0.728. The Morgan fingerprint density at radius 1 is 1.50 bits per heavy atom. The van der Waals surface area contributed by atoms with Crippen LogP contribution in [0.5, 0.6) is 5.75 Å². The van der Waals surface area contributed by atoms with Crippen molar-refractivity contribution in [2.75, 3.05) is 33.8 Å². The Balaban J connectivity index is 1.82. The second kappa shape index (κ2) is 8.68. The molecule has 0 aliphatic carbocycles. The number of urea groups is 1. The van der Waals surface area contributed by atoms with E-state index in [0.29, 0.717) is 6.54 Å². The minimum atomic E-state index is -0.418. The average Bonchev–Trinajstić information content (AvgIpc) is 2.57. The molecule has 1 aromatic carbocycles. The van der Waals surface area contributed by atoms with Crippen molar-refractivity contribution in [1.29, 1.82) is 0 Å². The van der Waals surface area contributed by atoms with Gasteiger partial charge in [-0.15, -0.1) is 6.58 Å². The van der Waals surface area contributed by atoms with E-state index in [1.165, 1.54) is 13.2 Å². The summed E-state index contributed by atoms with van der Waals surface area (Å²) in [6, 6.07) is 4.80. The van der Waals surface area contributed by atoms with E-state index < -0.39 is 5.82 Å². The molecule has 0 radical (unpaired) electrons. The number of carbonyl (C=O) groups excluding carboxylic acids is 1. The third kappa shape index (κ3) is 4.96. The first kappa shape index (κ1) is 18.3. The molecule has 0 aromatic heterocycles. The summed E-state index contributed by atoms with van der Waals surface area (Å²) >= 11 is 0. The summed E-state index contributed by atoms with van der Waals surface area (Å²) < 4.78 is 18.6. The summed E-state index contributed by atoms with van der Waals surface area (Å²) in [5.74, 6) is -0.212. The van der Waals surface area contributed by atoms with Gasteiger partial charge in [-0.3, -0.25) is 4.90 Å². The van der Waals surface area contributed by atoms with Crippen LogP contribution in [0, 0.1) is 5.82 Å². The van der Waals surface area contributed by atoms with E-state index >= 15 is 0 Å². The van der Waals surface area contributed by atoms with Gasteiger partial charge in [0.05, 0.1) is 7.11 Å². The number of carbonyl (C=O) groups is 1. The molecule has 1 aromatic rings. The Morgan fingerprint density at radius 2 is 2.21 bits per heavy atom. The van der Waals surface area contributed by atoms with E-state index in [-0.39, 0.29) is 17.8 Å². The fourth-order valence-electron chi connectivity index (χ4n) is 2.88. The molecule has 24 heavy (non-hydrogen) atoms. The van der Waals surface area contributed by atoms with E-state index in [0.717, 1.165) is 38.0 Å². The van der Waals surface area contributed by atoms with Crippen LogP contribution in [0.3, 0.4) is 0 Å². The summed E-state index contributed by atoms with van der Waals surface area (Å²) in [6.45, 7) is 6.92. The number of benzene rings is 1. The fraction of sp³-hybridized carbons (Fsp3) is 0.500. The molecular weight excluding hydrogens is 309 g/mol. The number of nitrogens with zero attached hydrogens (tertiary/aromatic N) is 2. The molecule has 1 saturated heterocycles. The first-order chi connectivity index (χ1) is 11.5. The van der Waals surface area contributed by atoms with Crippen molar-refractivity contribution in [2.45, 2.75) is 25.4 Å². The highest BCUT2D eigenvalue weighted by molar-refractivity contribution is 5.74. The van der Waals surface area contributed by atoms with Crippen LogP contribution in [0.4, 0.5) is 9.18 Å². The standard InChI is InChI=1S/C18H26FN3O2/c1-4-9-22-10-7-15(8-11-22)20-18(23)21(2)13-14-5-6-17(24-3)16(19)12-14/h4-6,12,15H,1,7-11,13H2,2-3H3,(H,20,23). The maximum Gasteiger partial charge on any atom is 0.317 e. The molecule has 2 rings (SSSR count). The van der Waals surface area contributed by atoms with Gasteiger partial charge < -0.3 is 15.0 Å². The van der Waals surface area contributed by atoms with Crippen molar-refractivity contribution in [3.05, 3.63) is 42.2 Å². The SMILES string of the molecule is C=CCN1CCC(NC(=O)N(C)Cc2ccc(OC)c(F)c2)CC1. The molecule has 132 valence electrons. The Hall–Kier alpha value is -2.08. The molecule has 2 amide bonds. The molecule has 1 heterocycles. The smallest absolute Gasteiger partial charge is 0.317 e. The van der Waals surface area contributed by atoms with Gasteiger partial charge in [0.25, 0.3) is 0 Å². The number of hydrogen-bond acceptors (Lipinski definition) is 3. The van der Waals surface area contributed by atoms with Crippen LogP contribution in [0.15, 0.2) is 30.9 Å². The number of nitrogens with one attached hydrogen (secondary N) is 1. The number of hydrogen-bond donors (Lipinski definition) is 1. The average molecular weight is 335 g/mol. The molecule has 0 bridgehead atoms. The lowest BCUT2D eigenvalue weighted by molar-refractivity contribution is 0.183. The van der Waals surface area contributed by atoms with Gasteiger partial charge in [0.1, 0.15) is 0 Å². The zero-order valence-electron chi connectivity index (χ0n) is 14.4. The Kier molecular flexibility index (Phi) is 6.61. The normalized spacial score (nSPS) is 15.8. The third-order valence-corrected chi connectivity index (χ3v) is 4.29. The van der Waals surface area contributed by atoms with Crippen molar-refractivity contribution in [1.82, 2.24) is 15.1 Å². The van der Waals surface area contributed by atoms with Crippen molar-refractivity contribution < 1.29 is 13.9 Å². The van der Waals surface area contributed by atoms with E-state index in [1.54, 1.807) is 24.1 Å². The van der Waals surface area contributed by atoms with Crippen molar-refractivity contribution in [3.63, 3.8) is 0 Å². The first-order valence-electron chi connectivity index (χ1n) is 8.20. The molecular formula is C18H26FN3O2. The predicted molar refractivity (Wildman–Crippen MR) is 92.6 cm³/mol. The lowest BCUT2D eigenvalue weighted by Crippen LogP contribution is -2.48. The van der Waals surface area contributed by atoms with E-state index in [4.69, 9.17) is 4.74 Å². The largest absolute Gasteiger partial charge is 0.494 e. The van der Waals surface area contributed by atoms with Gasteiger partial charge in [-0.05, 0) is 30.5 Å². The minimum absolute atomic E-state index is 0.131. The van der Waals surface area contributed by atoms with Crippen molar-refractivity contribution in [3.8, 4) is 5.75 Å². The van der Waals surface area contributed by atoms with Crippen LogP contribution in [0.1, 0.15) is 18.4 Å². The lowest BCUT2D eigenvalue weighted by atomic mass is 10.1. The fourth-order valence-corrected chi connectivity index (χ4v) is 2.88. The zero-order chi connectivity index (χ0) is 17.5. The van der Waals surface area contributed by atoms with Gasteiger partial charge in [0.15, 0.2) is 11.6 Å². The molecule has 5 nitrogen and oxygen atoms in total. The second-order valence-corrected chi connectivity index (χ2v) is 6.14. The van der Waals surface area contributed by atoms with Gasteiger partial charge in [-0.2, -0.15) is 0 Å². The van der Waals surface area contributed by atoms with E-state index in [2.05, 4.69) is 16.8 Å². The summed E-state index contributed by atoms with van der Waals surface area (Å²) in [5, 5.41) is 3.05. The number of likely N-dealkylation sites (tertiary alicyclic amines) is 1. The predicted octanol–water partition coefficient (Wildman–Crippen LogP) is 2.63. The Bertz CT molecular complexity index is 571. The summed E-state index contributed by atoms with van der Waals surface area (Å²) in [4.78, 5) is 16.2. The minimum Gasteiger partial charge on any atom is -0.494 e. The number of ether oxygens (including phenoxy) is 1. The Labute approximate surface area is 143 Å². The van der Waals surface area contributed by atoms with Crippen LogP contribution >= 0.6 is 0 Å². The van der Waals surface area contributed by atoms with E-state index in [9.17, 15) is 9.18 Å². The first-order valence-corrected chi connectivity index (χ1v) is 8.20. The van der Waals surface area contributed by atoms with Gasteiger partial charge >= 0.3 is 6.03 Å². The molecule has 1 N–H and O–H groups in total. The van der Waals surface area contributed by atoms with Gasteiger partial charge in [-0.1, -0.05) is 12.1 Å². The van der Waals surface area contributed by atoms with Gasteiger partial charge in [0.2, 0.25) is 0 Å². The molecule has 6 heteroatoms. The van der Waals surface area contributed by atoms with Gasteiger partial charge in [0, 0.05) is 39.3 Å². The topological polar surface area (TPSA) is 44.8 Å². The quantitative estimate of drug-likeness (QED) is 0.813. The van der Waals surface area contributed by atoms with E-state index in [1.807, 2.05) is 6.08 Å². The lowest BCUT2D eigenvalue weighted by Gasteiger charge is -2.32. The summed E-state index contributed by atoms with van der Waals surface area (Å²) in [7, 11) is 3.14. The maximum absolute atomic E-state index is 13.7. The summed E-state index contributed by atoms with van der Waals surface area (Å²) in [6.07, 6.45) is 3.77.